The number of hydrogen-bond acceptors (Lipinski definition) is 3. The van der Waals surface area contributed by atoms with Crippen LogP contribution in [0.15, 0.2) is 57.7 Å². The van der Waals surface area contributed by atoms with Gasteiger partial charge in [-0.1, -0.05) is 43.3 Å². The first kappa shape index (κ1) is 16.0. The molecule has 0 aliphatic carbocycles. The quantitative estimate of drug-likeness (QED) is 0.775. The van der Waals surface area contributed by atoms with Crippen molar-refractivity contribution in [1.29, 1.82) is 0 Å². The Morgan fingerprint density at radius 2 is 1.88 bits per heavy atom. The van der Waals surface area contributed by atoms with Crippen molar-refractivity contribution >= 4 is 16.9 Å². The maximum absolute atomic E-state index is 12.6. The van der Waals surface area contributed by atoms with Gasteiger partial charge < -0.3 is 9.52 Å². The van der Waals surface area contributed by atoms with E-state index in [1.165, 1.54) is 6.07 Å². The van der Waals surface area contributed by atoms with Crippen molar-refractivity contribution < 1.29 is 14.3 Å². The molecule has 122 valence electrons. The minimum Gasteiger partial charge on any atom is -0.481 e. The first-order valence-electron chi connectivity index (χ1n) is 7.88. The molecule has 1 unspecified atom stereocenters. The van der Waals surface area contributed by atoms with Gasteiger partial charge in [0.15, 0.2) is 5.43 Å². The van der Waals surface area contributed by atoms with Crippen molar-refractivity contribution in [2.24, 2.45) is 0 Å². The Bertz CT molecular complexity index is 955. The molecule has 0 saturated carbocycles. The lowest BCUT2D eigenvalue weighted by Crippen LogP contribution is -2.13. The van der Waals surface area contributed by atoms with Crippen molar-refractivity contribution in [2.45, 2.75) is 26.2 Å². The third-order valence-corrected chi connectivity index (χ3v) is 4.14. The van der Waals surface area contributed by atoms with Gasteiger partial charge in [0.25, 0.3) is 0 Å². The van der Waals surface area contributed by atoms with Crippen LogP contribution in [-0.4, -0.2) is 11.1 Å². The topological polar surface area (TPSA) is 67.5 Å². The Hall–Kier alpha value is -2.88. The zero-order valence-electron chi connectivity index (χ0n) is 13.6. The highest BCUT2D eigenvalue weighted by Gasteiger charge is 2.23. The monoisotopic (exact) mass is 322 g/mol. The number of aliphatic carboxylic acids is 1. The highest BCUT2D eigenvalue weighted by atomic mass is 16.4. The van der Waals surface area contributed by atoms with Gasteiger partial charge in [0, 0.05) is 17.2 Å². The van der Waals surface area contributed by atoms with Gasteiger partial charge in [-0.3, -0.25) is 9.59 Å². The SMILES string of the molecule is CCC(C(=O)O)c1cc(C)cc2c(=O)cc(-c3ccccc3)oc12. The lowest BCUT2D eigenvalue weighted by Gasteiger charge is -2.14. The lowest BCUT2D eigenvalue weighted by atomic mass is 9.93. The summed E-state index contributed by atoms with van der Waals surface area (Å²) in [7, 11) is 0. The van der Waals surface area contributed by atoms with Crippen LogP contribution in [0.3, 0.4) is 0 Å². The number of carboxylic acid groups (broad SMARTS) is 1. The molecule has 0 spiro atoms. The van der Waals surface area contributed by atoms with E-state index >= 15 is 0 Å². The van der Waals surface area contributed by atoms with E-state index in [2.05, 4.69) is 0 Å². The second kappa shape index (κ2) is 6.32. The fourth-order valence-electron chi connectivity index (χ4n) is 2.97. The number of carboxylic acids is 1. The highest BCUT2D eigenvalue weighted by molar-refractivity contribution is 5.88. The molecular formula is C20H18O4. The van der Waals surface area contributed by atoms with E-state index in [1.807, 2.05) is 44.2 Å². The molecule has 3 rings (SSSR count). The molecule has 2 aromatic carbocycles. The summed E-state index contributed by atoms with van der Waals surface area (Å²) in [4.78, 5) is 24.2. The Kier molecular flexibility index (Phi) is 4.21. The molecule has 0 fully saturated rings. The van der Waals surface area contributed by atoms with Crippen LogP contribution in [0.5, 0.6) is 0 Å². The molecule has 1 atom stereocenters. The molecule has 0 radical (unpaired) electrons. The van der Waals surface area contributed by atoms with Crippen LogP contribution < -0.4 is 5.43 Å². The summed E-state index contributed by atoms with van der Waals surface area (Å²) in [5, 5.41) is 9.93. The van der Waals surface area contributed by atoms with Crippen LogP contribution in [0.25, 0.3) is 22.3 Å². The predicted molar refractivity (Wildman–Crippen MR) is 93.3 cm³/mol. The molecule has 1 N–H and O–H groups in total. The minimum absolute atomic E-state index is 0.166. The van der Waals surface area contributed by atoms with Crippen molar-refractivity contribution in [3.8, 4) is 11.3 Å². The Morgan fingerprint density at radius 1 is 1.17 bits per heavy atom. The molecule has 1 aromatic heterocycles. The van der Waals surface area contributed by atoms with E-state index in [0.29, 0.717) is 28.7 Å². The van der Waals surface area contributed by atoms with Gasteiger partial charge in [0.1, 0.15) is 11.3 Å². The fraction of sp³-hybridized carbons (Fsp3) is 0.200. The third-order valence-electron chi connectivity index (χ3n) is 4.14. The Balaban J connectivity index is 2.34. The maximum Gasteiger partial charge on any atom is 0.311 e. The number of aryl methyl sites for hydroxylation is 1. The molecular weight excluding hydrogens is 304 g/mol. The zero-order chi connectivity index (χ0) is 17.3. The lowest BCUT2D eigenvalue weighted by molar-refractivity contribution is -0.138. The van der Waals surface area contributed by atoms with E-state index in [9.17, 15) is 14.7 Å². The van der Waals surface area contributed by atoms with Crippen molar-refractivity contribution in [1.82, 2.24) is 0 Å². The maximum atomic E-state index is 12.6. The van der Waals surface area contributed by atoms with Crippen molar-refractivity contribution in [3.05, 3.63) is 69.9 Å². The number of rotatable bonds is 4. The van der Waals surface area contributed by atoms with E-state index in [0.717, 1.165) is 11.1 Å². The summed E-state index contributed by atoms with van der Waals surface area (Å²) < 4.78 is 5.98. The number of benzene rings is 2. The summed E-state index contributed by atoms with van der Waals surface area (Å²) >= 11 is 0. The fourth-order valence-corrected chi connectivity index (χ4v) is 2.97. The number of hydrogen-bond donors (Lipinski definition) is 1. The number of carbonyl (C=O) groups is 1. The molecule has 3 aromatic rings. The van der Waals surface area contributed by atoms with E-state index in [-0.39, 0.29) is 5.43 Å². The number of fused-ring (bicyclic) bond motifs is 1. The summed E-state index contributed by atoms with van der Waals surface area (Å²) in [6, 6.07) is 14.3. The van der Waals surface area contributed by atoms with Gasteiger partial charge in [-0.15, -0.1) is 0 Å². The zero-order valence-corrected chi connectivity index (χ0v) is 13.6. The van der Waals surface area contributed by atoms with Crippen LogP contribution in [0.1, 0.15) is 30.4 Å². The Labute approximate surface area is 139 Å². The van der Waals surface area contributed by atoms with Crippen LogP contribution >= 0.6 is 0 Å². The Morgan fingerprint density at radius 3 is 2.50 bits per heavy atom. The molecule has 0 saturated heterocycles. The van der Waals surface area contributed by atoms with Crippen molar-refractivity contribution in [3.63, 3.8) is 0 Å². The normalized spacial score (nSPS) is 12.2. The standard InChI is InChI=1S/C20H18O4/c1-3-14(20(22)23)15-9-12(2)10-16-17(21)11-18(24-19(15)16)13-7-5-4-6-8-13/h4-11,14H,3H2,1-2H3,(H,22,23). The largest absolute Gasteiger partial charge is 0.481 e. The molecule has 4 nitrogen and oxygen atoms in total. The molecule has 4 heteroatoms. The van der Waals surface area contributed by atoms with Gasteiger partial charge in [0.05, 0.1) is 11.3 Å². The summed E-state index contributed by atoms with van der Waals surface area (Å²) in [5.41, 5.74) is 2.37. The summed E-state index contributed by atoms with van der Waals surface area (Å²) in [6.07, 6.45) is 0.424. The minimum atomic E-state index is -0.919. The average molecular weight is 322 g/mol. The van der Waals surface area contributed by atoms with Gasteiger partial charge in [0.2, 0.25) is 0 Å². The van der Waals surface area contributed by atoms with E-state index in [1.54, 1.807) is 12.1 Å². The average Bonchev–Trinajstić information content (AvgIpc) is 2.56. The molecule has 0 aliphatic heterocycles. The third kappa shape index (κ3) is 2.83. The second-order valence-corrected chi connectivity index (χ2v) is 5.87. The first-order chi connectivity index (χ1) is 11.5. The predicted octanol–water partition coefficient (Wildman–Crippen LogP) is 4.35. The van der Waals surface area contributed by atoms with Crippen LogP contribution in [-0.2, 0) is 4.79 Å². The second-order valence-electron chi connectivity index (χ2n) is 5.87. The highest BCUT2D eigenvalue weighted by Crippen LogP contribution is 2.31. The summed E-state index contributed by atoms with van der Waals surface area (Å²) in [6.45, 7) is 3.66. The van der Waals surface area contributed by atoms with Crippen LogP contribution in [0.2, 0.25) is 0 Å². The molecule has 0 aliphatic rings. The molecule has 0 bridgehead atoms. The van der Waals surface area contributed by atoms with Crippen LogP contribution in [0.4, 0.5) is 0 Å². The van der Waals surface area contributed by atoms with E-state index < -0.39 is 11.9 Å². The van der Waals surface area contributed by atoms with Gasteiger partial charge in [-0.05, 0) is 25.0 Å². The smallest absolute Gasteiger partial charge is 0.311 e. The van der Waals surface area contributed by atoms with Crippen LogP contribution in [0, 0.1) is 6.92 Å². The summed E-state index contributed by atoms with van der Waals surface area (Å²) in [5.74, 6) is -1.18. The van der Waals surface area contributed by atoms with Gasteiger partial charge in [-0.25, -0.2) is 0 Å². The van der Waals surface area contributed by atoms with Gasteiger partial charge >= 0.3 is 5.97 Å². The van der Waals surface area contributed by atoms with E-state index in [4.69, 9.17) is 4.42 Å². The van der Waals surface area contributed by atoms with Crippen molar-refractivity contribution in [2.75, 3.05) is 0 Å². The molecule has 1 heterocycles. The molecule has 0 amide bonds. The first-order valence-corrected chi connectivity index (χ1v) is 7.88. The van der Waals surface area contributed by atoms with Gasteiger partial charge in [-0.2, -0.15) is 0 Å². The molecule has 24 heavy (non-hydrogen) atoms.